The largest absolute Gasteiger partial charge is 0.424 e. The van der Waals surface area contributed by atoms with Crippen molar-refractivity contribution in [3.8, 4) is 5.75 Å². The highest BCUT2D eigenvalue weighted by molar-refractivity contribution is 8.07. The fourth-order valence-corrected chi connectivity index (χ4v) is 3.43. The first-order valence-electron chi connectivity index (χ1n) is 6.37. The molecule has 0 aliphatic rings. The molecular formula is C12H20NO5PS2. The third-order valence-corrected chi connectivity index (χ3v) is 6.54. The standard InChI is InChI=1S/C12H20NO5PS2/c1-4-5-10-13-21(14,15)12-8-6-11(7-9-12)18-19(20,16-2)17-3/h6-9,13H,4-5,10H2,1-3H3. The molecule has 0 atom stereocenters. The Kier molecular flexibility index (Phi) is 7.26. The lowest BCUT2D eigenvalue weighted by atomic mass is 10.3. The monoisotopic (exact) mass is 353 g/mol. The second-order valence-electron chi connectivity index (χ2n) is 4.13. The summed E-state index contributed by atoms with van der Waals surface area (Å²) in [7, 11) is -0.682. The van der Waals surface area contributed by atoms with Gasteiger partial charge in [-0.2, -0.15) is 0 Å². The molecule has 0 aliphatic heterocycles. The first-order chi connectivity index (χ1) is 9.87. The minimum absolute atomic E-state index is 0.175. The summed E-state index contributed by atoms with van der Waals surface area (Å²) in [5.41, 5.74) is 0. The van der Waals surface area contributed by atoms with Gasteiger partial charge in [-0.1, -0.05) is 13.3 Å². The van der Waals surface area contributed by atoms with Crippen LogP contribution in [0.3, 0.4) is 0 Å². The molecule has 9 heteroatoms. The Labute approximate surface area is 131 Å². The van der Waals surface area contributed by atoms with Gasteiger partial charge in [-0.15, -0.1) is 0 Å². The number of sulfonamides is 1. The fraction of sp³-hybridized carbons (Fsp3) is 0.500. The number of hydrogen-bond donors (Lipinski definition) is 1. The molecule has 1 N–H and O–H groups in total. The SMILES string of the molecule is CCCCNS(=O)(=O)c1ccc(OP(=S)(OC)OC)cc1. The maximum atomic E-state index is 12.0. The highest BCUT2D eigenvalue weighted by Crippen LogP contribution is 2.48. The molecule has 21 heavy (non-hydrogen) atoms. The maximum Gasteiger partial charge on any atom is 0.380 e. The lowest BCUT2D eigenvalue weighted by molar-refractivity contribution is 0.273. The highest BCUT2D eigenvalue weighted by atomic mass is 32.5. The summed E-state index contributed by atoms with van der Waals surface area (Å²) in [6.45, 7) is -0.394. The smallest absolute Gasteiger partial charge is 0.380 e. The average Bonchev–Trinajstić information content (AvgIpc) is 2.48. The maximum absolute atomic E-state index is 12.0. The zero-order chi connectivity index (χ0) is 15.9. The van der Waals surface area contributed by atoms with Crippen LogP contribution in [-0.2, 0) is 30.9 Å². The lowest BCUT2D eigenvalue weighted by Gasteiger charge is -2.18. The van der Waals surface area contributed by atoms with Gasteiger partial charge in [0.15, 0.2) is 0 Å². The van der Waals surface area contributed by atoms with Crippen LogP contribution in [0.2, 0.25) is 0 Å². The van der Waals surface area contributed by atoms with Crippen LogP contribution in [0.1, 0.15) is 19.8 Å². The van der Waals surface area contributed by atoms with Crippen molar-refractivity contribution in [3.05, 3.63) is 24.3 Å². The van der Waals surface area contributed by atoms with E-state index in [0.717, 1.165) is 12.8 Å². The van der Waals surface area contributed by atoms with Gasteiger partial charge in [0.25, 0.3) is 0 Å². The molecule has 0 fully saturated rings. The Hall–Kier alpha value is -0.500. The summed E-state index contributed by atoms with van der Waals surface area (Å²) in [5, 5.41) is 0. The van der Waals surface area contributed by atoms with E-state index in [2.05, 4.69) is 4.72 Å². The second kappa shape index (κ2) is 8.22. The van der Waals surface area contributed by atoms with Gasteiger partial charge in [0.2, 0.25) is 10.0 Å². The minimum Gasteiger partial charge on any atom is -0.424 e. The summed E-state index contributed by atoms with van der Waals surface area (Å²) < 4.78 is 42.0. The normalized spacial score (nSPS) is 12.3. The van der Waals surface area contributed by atoms with E-state index >= 15 is 0 Å². The van der Waals surface area contributed by atoms with E-state index in [-0.39, 0.29) is 4.90 Å². The van der Waals surface area contributed by atoms with Crippen LogP contribution in [-0.4, -0.2) is 29.2 Å². The van der Waals surface area contributed by atoms with E-state index < -0.39 is 16.7 Å². The van der Waals surface area contributed by atoms with Crippen LogP contribution >= 0.6 is 6.72 Å². The molecular weight excluding hydrogens is 333 g/mol. The Bertz CT molecular complexity index is 580. The number of benzene rings is 1. The third-order valence-electron chi connectivity index (χ3n) is 2.62. The molecule has 0 aliphatic carbocycles. The molecule has 6 nitrogen and oxygen atoms in total. The molecule has 0 aromatic heterocycles. The van der Waals surface area contributed by atoms with Crippen molar-refractivity contribution in [2.45, 2.75) is 24.7 Å². The van der Waals surface area contributed by atoms with Gasteiger partial charge < -0.3 is 13.6 Å². The van der Waals surface area contributed by atoms with Crippen LogP contribution in [0, 0.1) is 0 Å². The van der Waals surface area contributed by atoms with Gasteiger partial charge in [0.05, 0.1) is 4.90 Å². The molecule has 0 heterocycles. The topological polar surface area (TPSA) is 73.9 Å². The number of hydrogen-bond acceptors (Lipinski definition) is 6. The quantitative estimate of drug-likeness (QED) is 0.543. The summed E-state index contributed by atoms with van der Waals surface area (Å²) in [6.07, 6.45) is 1.72. The molecule has 0 radical (unpaired) electrons. The minimum atomic E-state index is -3.49. The molecule has 0 unspecified atom stereocenters. The van der Waals surface area contributed by atoms with Crippen molar-refractivity contribution in [1.82, 2.24) is 4.72 Å². The zero-order valence-corrected chi connectivity index (χ0v) is 14.8. The molecule has 0 bridgehead atoms. The predicted molar refractivity (Wildman–Crippen MR) is 85.5 cm³/mol. The van der Waals surface area contributed by atoms with E-state index in [1.54, 1.807) is 0 Å². The molecule has 1 aromatic rings. The fourth-order valence-electron chi connectivity index (χ4n) is 1.42. The molecule has 1 rings (SSSR count). The average molecular weight is 353 g/mol. The Balaban J connectivity index is 2.80. The van der Waals surface area contributed by atoms with E-state index in [4.69, 9.17) is 25.4 Å². The van der Waals surface area contributed by atoms with Gasteiger partial charge >= 0.3 is 6.72 Å². The first-order valence-corrected chi connectivity index (χ1v) is 10.4. The Morgan fingerprint density at radius 1 is 1.19 bits per heavy atom. The zero-order valence-electron chi connectivity index (χ0n) is 12.2. The van der Waals surface area contributed by atoms with E-state index in [1.165, 1.54) is 38.5 Å². The molecule has 120 valence electrons. The van der Waals surface area contributed by atoms with Crippen molar-refractivity contribution >= 4 is 28.5 Å². The molecule has 0 amide bonds. The summed E-state index contributed by atoms with van der Waals surface area (Å²) in [5.74, 6) is 0.398. The number of rotatable bonds is 9. The predicted octanol–water partition coefficient (Wildman–Crippen LogP) is 2.66. The van der Waals surface area contributed by atoms with Gasteiger partial charge in [0.1, 0.15) is 5.75 Å². The van der Waals surface area contributed by atoms with E-state index in [1.807, 2.05) is 6.92 Å². The third kappa shape index (κ3) is 5.65. The Morgan fingerprint density at radius 2 is 1.76 bits per heavy atom. The van der Waals surface area contributed by atoms with Gasteiger partial charge in [-0.3, -0.25) is 0 Å². The first kappa shape index (κ1) is 18.5. The van der Waals surface area contributed by atoms with Crippen molar-refractivity contribution in [2.24, 2.45) is 0 Å². The van der Waals surface area contributed by atoms with Gasteiger partial charge in [-0.05, 0) is 30.7 Å². The number of unbranched alkanes of at least 4 members (excludes halogenated alkanes) is 1. The van der Waals surface area contributed by atoms with E-state index in [9.17, 15) is 8.42 Å². The van der Waals surface area contributed by atoms with Gasteiger partial charge in [-0.25, -0.2) is 13.1 Å². The van der Waals surface area contributed by atoms with Crippen LogP contribution in [0.5, 0.6) is 5.75 Å². The lowest BCUT2D eigenvalue weighted by Crippen LogP contribution is -2.24. The Morgan fingerprint density at radius 3 is 2.24 bits per heavy atom. The summed E-state index contributed by atoms with van der Waals surface area (Å²) in [6, 6.07) is 5.95. The highest BCUT2D eigenvalue weighted by Gasteiger charge is 2.19. The van der Waals surface area contributed by atoms with Crippen molar-refractivity contribution in [2.75, 3.05) is 20.8 Å². The van der Waals surface area contributed by atoms with Crippen molar-refractivity contribution in [1.29, 1.82) is 0 Å². The molecule has 1 aromatic carbocycles. The molecule has 0 spiro atoms. The second-order valence-corrected chi connectivity index (χ2v) is 9.04. The van der Waals surface area contributed by atoms with Crippen LogP contribution in [0.4, 0.5) is 0 Å². The molecule has 0 saturated carbocycles. The van der Waals surface area contributed by atoms with Gasteiger partial charge in [0, 0.05) is 32.6 Å². The summed E-state index contributed by atoms with van der Waals surface area (Å²) >= 11 is 5.08. The van der Waals surface area contributed by atoms with Crippen LogP contribution in [0.15, 0.2) is 29.2 Å². The number of nitrogens with one attached hydrogen (secondary N) is 1. The van der Waals surface area contributed by atoms with Crippen molar-refractivity contribution in [3.63, 3.8) is 0 Å². The van der Waals surface area contributed by atoms with E-state index in [0.29, 0.717) is 12.3 Å². The summed E-state index contributed by atoms with van der Waals surface area (Å²) in [4.78, 5) is 0.175. The molecule has 0 saturated heterocycles. The van der Waals surface area contributed by atoms with Crippen LogP contribution < -0.4 is 9.25 Å². The van der Waals surface area contributed by atoms with Crippen molar-refractivity contribution < 1.29 is 22.0 Å². The van der Waals surface area contributed by atoms with Crippen LogP contribution in [0.25, 0.3) is 0 Å².